The molecule has 98 valence electrons. The van der Waals surface area contributed by atoms with Crippen LogP contribution in [-0.4, -0.2) is 24.7 Å². The average molecular weight is 272 g/mol. The van der Waals surface area contributed by atoms with Gasteiger partial charge in [0.25, 0.3) is 5.92 Å². The predicted octanol–water partition coefficient (Wildman–Crippen LogP) is 1.88. The van der Waals surface area contributed by atoms with Crippen LogP contribution in [0.5, 0.6) is 5.75 Å². The molecule has 1 atom stereocenters. The Bertz CT molecular complexity index is 377. The maximum absolute atomic E-state index is 13.1. The van der Waals surface area contributed by atoms with Crippen molar-refractivity contribution in [1.82, 2.24) is 0 Å². The lowest BCUT2D eigenvalue weighted by molar-refractivity contribution is -0.0712. The van der Waals surface area contributed by atoms with Crippen molar-refractivity contribution >= 4 is 12.4 Å². The number of rotatable bonds is 4. The predicted molar refractivity (Wildman–Crippen MR) is 59.2 cm³/mol. The van der Waals surface area contributed by atoms with Crippen LogP contribution in [0.2, 0.25) is 0 Å². The monoisotopic (exact) mass is 271 g/mol. The smallest absolute Gasteiger partial charge is 0.289 e. The fourth-order valence-corrected chi connectivity index (χ4v) is 1.21. The molecule has 0 heterocycles. The zero-order valence-electron chi connectivity index (χ0n) is 8.99. The van der Waals surface area contributed by atoms with Gasteiger partial charge < -0.3 is 15.6 Å². The Morgan fingerprint density at radius 3 is 2.53 bits per heavy atom. The largest absolute Gasteiger partial charge is 0.494 e. The second-order valence-corrected chi connectivity index (χ2v) is 3.29. The topological polar surface area (TPSA) is 55.5 Å². The number of methoxy groups -OCH3 is 1. The van der Waals surface area contributed by atoms with Crippen molar-refractivity contribution < 1.29 is 23.0 Å². The van der Waals surface area contributed by atoms with E-state index in [1.807, 2.05) is 0 Å². The van der Waals surface area contributed by atoms with E-state index in [0.29, 0.717) is 0 Å². The van der Waals surface area contributed by atoms with Crippen molar-refractivity contribution in [3.05, 3.63) is 29.6 Å². The first kappa shape index (κ1) is 16.0. The van der Waals surface area contributed by atoms with E-state index in [9.17, 15) is 13.2 Å². The summed E-state index contributed by atoms with van der Waals surface area (Å²) in [7, 11) is 1.22. The van der Waals surface area contributed by atoms with Gasteiger partial charge in [-0.25, -0.2) is 13.2 Å². The van der Waals surface area contributed by atoms with Crippen LogP contribution in [0.1, 0.15) is 11.6 Å². The normalized spacial score (nSPS) is 12.8. The lowest BCUT2D eigenvalue weighted by Gasteiger charge is -2.22. The van der Waals surface area contributed by atoms with Gasteiger partial charge in [-0.05, 0) is 17.7 Å². The molecule has 1 rings (SSSR count). The van der Waals surface area contributed by atoms with Crippen LogP contribution in [0.4, 0.5) is 13.2 Å². The highest BCUT2D eigenvalue weighted by atomic mass is 35.5. The zero-order valence-corrected chi connectivity index (χ0v) is 9.81. The Labute approximate surface area is 103 Å². The number of ether oxygens (including phenoxy) is 1. The number of nitrogens with two attached hydrogens (primary N) is 1. The van der Waals surface area contributed by atoms with Crippen LogP contribution in [-0.2, 0) is 0 Å². The summed E-state index contributed by atoms with van der Waals surface area (Å²) in [5.41, 5.74) is 5.27. The molecule has 3 N–H and O–H groups in total. The minimum Gasteiger partial charge on any atom is -0.494 e. The van der Waals surface area contributed by atoms with Crippen LogP contribution >= 0.6 is 12.4 Å². The second-order valence-electron chi connectivity index (χ2n) is 3.29. The molecule has 0 aliphatic heterocycles. The Balaban J connectivity index is 0.00000256. The zero-order chi connectivity index (χ0) is 12.3. The minimum atomic E-state index is -3.46. The van der Waals surface area contributed by atoms with E-state index >= 15 is 0 Å². The molecule has 0 aliphatic carbocycles. The Morgan fingerprint density at radius 2 is 2.06 bits per heavy atom. The van der Waals surface area contributed by atoms with Crippen LogP contribution < -0.4 is 10.5 Å². The summed E-state index contributed by atoms with van der Waals surface area (Å²) in [5, 5.41) is 8.47. The Hall–Kier alpha value is -0.980. The van der Waals surface area contributed by atoms with Crippen LogP contribution in [0.25, 0.3) is 0 Å². The van der Waals surface area contributed by atoms with Gasteiger partial charge in [0.15, 0.2) is 11.6 Å². The molecule has 0 fully saturated rings. The molecule has 0 radical (unpaired) electrons. The third kappa shape index (κ3) is 3.49. The number of aliphatic hydroxyl groups excluding tert-OH is 1. The lowest BCUT2D eigenvalue weighted by atomic mass is 10.0. The summed E-state index contributed by atoms with van der Waals surface area (Å²) in [6.07, 6.45) is 0. The molecule has 0 aromatic heterocycles. The van der Waals surface area contributed by atoms with E-state index < -0.39 is 24.4 Å². The van der Waals surface area contributed by atoms with Gasteiger partial charge in [-0.1, -0.05) is 6.07 Å². The first-order chi connectivity index (χ1) is 7.42. The van der Waals surface area contributed by atoms with Gasteiger partial charge in [0, 0.05) is 0 Å². The summed E-state index contributed by atoms with van der Waals surface area (Å²) in [4.78, 5) is 0. The van der Waals surface area contributed by atoms with Gasteiger partial charge in [0.1, 0.15) is 6.61 Å². The molecule has 0 aliphatic rings. The number of hydrogen-bond donors (Lipinski definition) is 2. The molecule has 0 saturated heterocycles. The molecule has 0 unspecified atom stereocenters. The average Bonchev–Trinajstić information content (AvgIpc) is 2.28. The van der Waals surface area contributed by atoms with Crippen LogP contribution in [0, 0.1) is 5.82 Å². The van der Waals surface area contributed by atoms with E-state index in [2.05, 4.69) is 4.74 Å². The highest BCUT2D eigenvalue weighted by molar-refractivity contribution is 5.85. The maximum Gasteiger partial charge on any atom is 0.289 e. The van der Waals surface area contributed by atoms with Crippen molar-refractivity contribution in [2.24, 2.45) is 5.73 Å². The van der Waals surface area contributed by atoms with Crippen molar-refractivity contribution in [3.8, 4) is 5.75 Å². The molecule has 3 nitrogen and oxygen atoms in total. The van der Waals surface area contributed by atoms with Crippen LogP contribution in [0.15, 0.2) is 18.2 Å². The van der Waals surface area contributed by atoms with E-state index in [1.165, 1.54) is 7.11 Å². The van der Waals surface area contributed by atoms with Gasteiger partial charge in [-0.2, -0.15) is 0 Å². The lowest BCUT2D eigenvalue weighted by Crippen LogP contribution is -2.36. The number of hydrogen-bond acceptors (Lipinski definition) is 3. The van der Waals surface area contributed by atoms with Crippen molar-refractivity contribution in [1.29, 1.82) is 0 Å². The first-order valence-corrected chi connectivity index (χ1v) is 4.50. The van der Waals surface area contributed by atoms with E-state index in [-0.39, 0.29) is 23.7 Å². The maximum atomic E-state index is 13.1. The van der Waals surface area contributed by atoms with Crippen molar-refractivity contribution in [3.63, 3.8) is 0 Å². The molecule has 0 amide bonds. The highest BCUT2D eigenvalue weighted by Gasteiger charge is 2.37. The van der Waals surface area contributed by atoms with Gasteiger partial charge in [-0.3, -0.25) is 0 Å². The van der Waals surface area contributed by atoms with Crippen molar-refractivity contribution in [2.45, 2.75) is 12.0 Å². The molecular formula is C10H13ClF3NO2. The van der Waals surface area contributed by atoms with E-state index in [4.69, 9.17) is 10.8 Å². The first-order valence-electron chi connectivity index (χ1n) is 4.50. The van der Waals surface area contributed by atoms with Crippen molar-refractivity contribution in [2.75, 3.05) is 13.7 Å². The molecular weight excluding hydrogens is 259 g/mol. The number of alkyl halides is 2. The number of halogens is 4. The summed E-state index contributed by atoms with van der Waals surface area (Å²) in [6.45, 7) is -1.37. The molecule has 1 aromatic rings. The standard InChI is InChI=1S/C10H12F3NO2.ClH/c1-16-8-4-6(2-3-7(8)11)9(14)10(12,13)5-15;/h2-4,9,15H,5,14H2,1H3;1H/t9-;/m0./s1. The third-order valence-electron chi connectivity index (χ3n) is 2.20. The molecule has 0 bridgehead atoms. The van der Waals surface area contributed by atoms with Gasteiger partial charge >= 0.3 is 0 Å². The fourth-order valence-electron chi connectivity index (χ4n) is 1.21. The summed E-state index contributed by atoms with van der Waals surface area (Å²) in [6, 6.07) is 1.50. The van der Waals surface area contributed by atoms with Gasteiger partial charge in [0.05, 0.1) is 13.2 Å². The quantitative estimate of drug-likeness (QED) is 0.879. The third-order valence-corrected chi connectivity index (χ3v) is 2.20. The molecule has 1 aromatic carbocycles. The molecule has 17 heavy (non-hydrogen) atoms. The summed E-state index contributed by atoms with van der Waals surface area (Å²) < 4.78 is 43.8. The van der Waals surface area contributed by atoms with E-state index in [0.717, 1.165) is 18.2 Å². The number of aliphatic hydroxyl groups is 1. The van der Waals surface area contributed by atoms with Gasteiger partial charge in [-0.15, -0.1) is 12.4 Å². The molecule has 7 heteroatoms. The molecule has 0 saturated carbocycles. The van der Waals surface area contributed by atoms with Gasteiger partial charge in [0.2, 0.25) is 0 Å². The van der Waals surface area contributed by atoms with Crippen LogP contribution in [0.3, 0.4) is 0 Å². The summed E-state index contributed by atoms with van der Waals surface area (Å²) in [5.74, 6) is -4.28. The second kappa shape index (κ2) is 6.09. The number of benzene rings is 1. The minimum absolute atomic E-state index is 0. The SMILES string of the molecule is COc1cc([C@H](N)C(F)(F)CO)ccc1F.Cl. The van der Waals surface area contributed by atoms with E-state index in [1.54, 1.807) is 0 Å². The molecule has 0 spiro atoms. The highest BCUT2D eigenvalue weighted by Crippen LogP contribution is 2.31. The summed E-state index contributed by atoms with van der Waals surface area (Å²) >= 11 is 0. The fraction of sp³-hybridized carbons (Fsp3) is 0.400. The Morgan fingerprint density at radius 1 is 1.47 bits per heavy atom. The Kier molecular flexibility index (Phi) is 5.74.